The Labute approximate surface area is 66.2 Å². The van der Waals surface area contributed by atoms with Gasteiger partial charge < -0.3 is 20.9 Å². The molecule has 62 valence electrons. The van der Waals surface area contributed by atoms with Gasteiger partial charge in [-0.2, -0.15) is 0 Å². The summed E-state index contributed by atoms with van der Waals surface area (Å²) in [5, 5.41) is 8.64. The number of hydrogen-bond acceptors (Lipinski definition) is 4. The van der Waals surface area contributed by atoms with Crippen molar-refractivity contribution in [3.8, 4) is 0 Å². The third-order valence-corrected chi connectivity index (χ3v) is 1.52. The fraction of sp³-hybridized carbons (Fsp3) is 0.429. The lowest BCUT2D eigenvalue weighted by atomic mass is 10.3. The van der Waals surface area contributed by atoms with Crippen molar-refractivity contribution in [1.82, 2.24) is 15.8 Å². The molecule has 0 bridgehead atoms. The highest BCUT2D eigenvalue weighted by molar-refractivity contribution is 5.18. The lowest BCUT2D eigenvalue weighted by Gasteiger charge is -2.21. The van der Waals surface area contributed by atoms with Crippen LogP contribution in [0.15, 0.2) is 24.2 Å². The van der Waals surface area contributed by atoms with Crippen molar-refractivity contribution in [3.63, 3.8) is 0 Å². The Morgan fingerprint density at radius 1 is 1.55 bits per heavy atom. The summed E-state index contributed by atoms with van der Waals surface area (Å²) in [5.74, 6) is 0. The smallest absolute Gasteiger partial charge is 0.0606 e. The predicted octanol–water partition coefficient (Wildman–Crippen LogP) is -0.627. The molecule has 1 aliphatic heterocycles. The minimum Gasteiger partial charge on any atom is -0.395 e. The number of aliphatic hydroxyl groups excluding tert-OH is 1. The van der Waals surface area contributed by atoms with Gasteiger partial charge in [-0.05, 0) is 6.08 Å². The molecule has 1 rings (SSSR count). The Morgan fingerprint density at radius 3 is 2.91 bits per heavy atom. The standard InChI is InChI=1S/C7H13N3O/c1-10(4-5-11)7-2-3-8-9-6-7/h2-3,6,8-9,11H,4-5H2,1H3. The van der Waals surface area contributed by atoms with E-state index in [-0.39, 0.29) is 6.61 Å². The molecule has 1 heterocycles. The van der Waals surface area contributed by atoms with Gasteiger partial charge in [-0.3, -0.25) is 0 Å². The molecule has 0 saturated heterocycles. The van der Waals surface area contributed by atoms with Gasteiger partial charge in [0.25, 0.3) is 0 Å². The summed E-state index contributed by atoms with van der Waals surface area (Å²) in [6.07, 6.45) is 5.59. The minimum atomic E-state index is 0.176. The predicted molar refractivity (Wildman–Crippen MR) is 43.2 cm³/mol. The number of rotatable bonds is 3. The topological polar surface area (TPSA) is 47.5 Å². The highest BCUT2D eigenvalue weighted by Gasteiger charge is 2.01. The zero-order valence-electron chi connectivity index (χ0n) is 6.54. The number of hydrogen-bond donors (Lipinski definition) is 3. The van der Waals surface area contributed by atoms with Crippen LogP contribution in [0, 0.1) is 0 Å². The normalized spacial score (nSPS) is 14.9. The van der Waals surface area contributed by atoms with Crippen molar-refractivity contribution >= 4 is 0 Å². The van der Waals surface area contributed by atoms with E-state index in [1.807, 2.05) is 30.4 Å². The molecular weight excluding hydrogens is 142 g/mol. The summed E-state index contributed by atoms with van der Waals surface area (Å²) < 4.78 is 0. The molecule has 0 aromatic heterocycles. The molecule has 4 nitrogen and oxygen atoms in total. The largest absolute Gasteiger partial charge is 0.395 e. The van der Waals surface area contributed by atoms with E-state index < -0.39 is 0 Å². The van der Waals surface area contributed by atoms with Gasteiger partial charge in [0.05, 0.1) is 12.3 Å². The van der Waals surface area contributed by atoms with Crippen molar-refractivity contribution < 1.29 is 5.11 Å². The van der Waals surface area contributed by atoms with Crippen molar-refractivity contribution in [1.29, 1.82) is 0 Å². The van der Waals surface area contributed by atoms with Gasteiger partial charge in [-0.1, -0.05) is 0 Å². The van der Waals surface area contributed by atoms with E-state index in [0.29, 0.717) is 6.54 Å². The molecule has 1 aliphatic rings. The maximum atomic E-state index is 8.64. The Bertz CT molecular complexity index is 177. The lowest BCUT2D eigenvalue weighted by molar-refractivity contribution is 0.248. The number of allylic oxidation sites excluding steroid dienone is 1. The molecule has 0 unspecified atom stereocenters. The number of hydrazine groups is 1. The second-order valence-corrected chi connectivity index (χ2v) is 2.34. The van der Waals surface area contributed by atoms with Crippen LogP contribution in [-0.2, 0) is 0 Å². The fourth-order valence-electron chi connectivity index (χ4n) is 0.855. The first kappa shape index (κ1) is 7.94. The van der Waals surface area contributed by atoms with E-state index in [4.69, 9.17) is 5.11 Å². The van der Waals surface area contributed by atoms with Crippen LogP contribution >= 0.6 is 0 Å². The van der Waals surface area contributed by atoms with Crippen molar-refractivity contribution in [3.05, 3.63) is 24.2 Å². The summed E-state index contributed by atoms with van der Waals surface area (Å²) in [5.41, 5.74) is 6.72. The second kappa shape index (κ2) is 3.88. The van der Waals surface area contributed by atoms with E-state index in [9.17, 15) is 0 Å². The SMILES string of the molecule is CN(CCO)C1=CNNC=C1. The highest BCUT2D eigenvalue weighted by Crippen LogP contribution is 2.02. The summed E-state index contributed by atoms with van der Waals surface area (Å²) >= 11 is 0. The van der Waals surface area contributed by atoms with Gasteiger partial charge in [-0.15, -0.1) is 0 Å². The maximum absolute atomic E-state index is 8.64. The van der Waals surface area contributed by atoms with Crippen molar-refractivity contribution in [2.45, 2.75) is 0 Å². The molecule has 11 heavy (non-hydrogen) atoms. The van der Waals surface area contributed by atoms with Crippen LogP contribution in [0.5, 0.6) is 0 Å². The van der Waals surface area contributed by atoms with Gasteiger partial charge in [0.1, 0.15) is 0 Å². The van der Waals surface area contributed by atoms with Crippen LogP contribution < -0.4 is 10.9 Å². The third-order valence-electron chi connectivity index (χ3n) is 1.52. The molecule has 4 heteroatoms. The van der Waals surface area contributed by atoms with Crippen LogP contribution in [-0.4, -0.2) is 30.2 Å². The molecular formula is C7H13N3O. The number of aliphatic hydroxyl groups is 1. The summed E-state index contributed by atoms with van der Waals surface area (Å²) in [6, 6.07) is 0. The summed E-state index contributed by atoms with van der Waals surface area (Å²) in [6.45, 7) is 0.826. The fourth-order valence-corrected chi connectivity index (χ4v) is 0.855. The Hall–Kier alpha value is -1.16. The molecule has 3 N–H and O–H groups in total. The molecule has 0 aliphatic carbocycles. The van der Waals surface area contributed by atoms with Gasteiger partial charge in [0, 0.05) is 26.0 Å². The first-order chi connectivity index (χ1) is 5.34. The van der Waals surface area contributed by atoms with Crippen LogP contribution in [0.3, 0.4) is 0 Å². The Balaban J connectivity index is 2.45. The summed E-state index contributed by atoms with van der Waals surface area (Å²) in [7, 11) is 1.93. The lowest BCUT2D eigenvalue weighted by Crippen LogP contribution is -2.29. The average Bonchev–Trinajstić information content (AvgIpc) is 2.07. The zero-order chi connectivity index (χ0) is 8.10. The Kier molecular flexibility index (Phi) is 2.80. The van der Waals surface area contributed by atoms with E-state index in [1.54, 1.807) is 0 Å². The zero-order valence-corrected chi connectivity index (χ0v) is 6.54. The van der Waals surface area contributed by atoms with E-state index >= 15 is 0 Å². The van der Waals surface area contributed by atoms with Crippen molar-refractivity contribution in [2.24, 2.45) is 0 Å². The van der Waals surface area contributed by atoms with Gasteiger partial charge in [0.15, 0.2) is 0 Å². The number of nitrogens with zero attached hydrogens (tertiary/aromatic N) is 1. The molecule has 0 spiro atoms. The van der Waals surface area contributed by atoms with Crippen molar-refractivity contribution in [2.75, 3.05) is 20.2 Å². The maximum Gasteiger partial charge on any atom is 0.0606 e. The van der Waals surface area contributed by atoms with E-state index in [0.717, 1.165) is 5.70 Å². The molecule has 0 amide bonds. The van der Waals surface area contributed by atoms with E-state index in [1.165, 1.54) is 0 Å². The number of likely N-dealkylation sites (N-methyl/N-ethyl adjacent to an activating group) is 1. The van der Waals surface area contributed by atoms with Gasteiger partial charge in [0.2, 0.25) is 0 Å². The molecule has 0 aromatic carbocycles. The third kappa shape index (κ3) is 2.16. The quantitative estimate of drug-likeness (QED) is 0.508. The Morgan fingerprint density at radius 2 is 2.36 bits per heavy atom. The molecule has 0 fully saturated rings. The number of nitrogens with one attached hydrogen (secondary N) is 2. The van der Waals surface area contributed by atoms with E-state index in [2.05, 4.69) is 10.9 Å². The minimum absolute atomic E-state index is 0.176. The van der Waals surface area contributed by atoms with Gasteiger partial charge in [-0.25, -0.2) is 0 Å². The van der Waals surface area contributed by atoms with Gasteiger partial charge >= 0.3 is 0 Å². The first-order valence-electron chi connectivity index (χ1n) is 3.54. The average molecular weight is 155 g/mol. The van der Waals surface area contributed by atoms with Crippen LogP contribution in [0.2, 0.25) is 0 Å². The van der Waals surface area contributed by atoms with Crippen LogP contribution in [0.4, 0.5) is 0 Å². The van der Waals surface area contributed by atoms with Crippen LogP contribution in [0.25, 0.3) is 0 Å². The molecule has 0 atom stereocenters. The first-order valence-corrected chi connectivity index (χ1v) is 3.54. The second-order valence-electron chi connectivity index (χ2n) is 2.34. The highest BCUT2D eigenvalue weighted by atomic mass is 16.3. The summed E-state index contributed by atoms with van der Waals surface area (Å²) in [4.78, 5) is 1.96. The van der Waals surface area contributed by atoms with Crippen LogP contribution in [0.1, 0.15) is 0 Å². The molecule has 0 radical (unpaired) electrons. The molecule has 0 aromatic rings. The monoisotopic (exact) mass is 155 g/mol. The molecule has 0 saturated carbocycles.